The number of alkyl halides is 1. The lowest BCUT2D eigenvalue weighted by Crippen LogP contribution is -1.87. The van der Waals surface area contributed by atoms with Crippen LogP contribution in [0.2, 0.25) is 0 Å². The Balaban J connectivity index is 2.07. The van der Waals surface area contributed by atoms with Gasteiger partial charge in [0.25, 0.3) is 0 Å². The van der Waals surface area contributed by atoms with Crippen LogP contribution in [0.15, 0.2) is 35.1 Å². The Morgan fingerprint density at radius 2 is 1.94 bits per heavy atom. The molecule has 3 rings (SSSR count). The second-order valence-corrected chi connectivity index (χ2v) is 4.49. The number of hydrogen-bond donors (Lipinski definition) is 0. The van der Waals surface area contributed by atoms with Crippen LogP contribution in [0, 0.1) is 0 Å². The van der Waals surface area contributed by atoms with Gasteiger partial charge >= 0.3 is 0 Å². The molecule has 0 saturated heterocycles. The molecule has 0 bridgehead atoms. The van der Waals surface area contributed by atoms with Gasteiger partial charge in [-0.15, -0.1) is 11.6 Å². The highest BCUT2D eigenvalue weighted by atomic mass is 35.5. The van der Waals surface area contributed by atoms with Gasteiger partial charge in [-0.1, -0.05) is 5.16 Å². The molecule has 0 spiro atoms. The summed E-state index contributed by atoms with van der Waals surface area (Å²) in [6.45, 7) is 1.78. The number of halogens is 1. The maximum Gasteiger partial charge on any atom is 0.244 e. The molecule has 0 aliphatic heterocycles. The van der Waals surface area contributed by atoms with Gasteiger partial charge in [-0.25, -0.2) is 0 Å². The molecule has 0 saturated carbocycles. The van der Waals surface area contributed by atoms with Crippen LogP contribution in [0.5, 0.6) is 0 Å². The quantitative estimate of drug-likeness (QED) is 0.663. The van der Waals surface area contributed by atoms with Crippen molar-refractivity contribution in [3.63, 3.8) is 0 Å². The summed E-state index contributed by atoms with van der Waals surface area (Å²) >= 11 is 5.88. The largest absolute Gasteiger partial charge is 0.337 e. The van der Waals surface area contributed by atoms with E-state index in [9.17, 15) is 0 Å². The molecule has 18 heavy (non-hydrogen) atoms. The molecule has 3 aromatic rings. The molecule has 2 aromatic heterocycles. The normalized spacial score (nSPS) is 12.8. The fourth-order valence-electron chi connectivity index (χ4n) is 1.62. The third-order valence-electron chi connectivity index (χ3n) is 2.51. The fraction of sp³-hybridized carbons (Fsp3) is 0.167. The fourth-order valence-corrected chi connectivity index (χ4v) is 1.71. The van der Waals surface area contributed by atoms with Crippen molar-refractivity contribution in [1.82, 2.24) is 20.1 Å². The Morgan fingerprint density at radius 1 is 1.17 bits per heavy atom. The van der Waals surface area contributed by atoms with Gasteiger partial charge in [0.05, 0.1) is 11.0 Å². The average Bonchev–Trinajstić information content (AvgIpc) is 2.88. The van der Waals surface area contributed by atoms with E-state index in [0.717, 1.165) is 16.6 Å². The summed E-state index contributed by atoms with van der Waals surface area (Å²) in [5.41, 5.74) is 2.45. The molecular formula is C12H9ClN4O. The van der Waals surface area contributed by atoms with Gasteiger partial charge in [0, 0.05) is 18.0 Å². The summed E-state index contributed by atoms with van der Waals surface area (Å²) in [5.74, 6) is 0.913. The van der Waals surface area contributed by atoms with Crippen molar-refractivity contribution >= 4 is 22.6 Å². The highest BCUT2D eigenvalue weighted by molar-refractivity contribution is 6.20. The van der Waals surface area contributed by atoms with Crippen molar-refractivity contribution in [2.24, 2.45) is 0 Å². The SMILES string of the molecule is CC(Cl)c1nc(-c2ccc3nccnc3c2)no1. The van der Waals surface area contributed by atoms with Gasteiger partial charge in [-0.05, 0) is 25.1 Å². The molecule has 0 aliphatic rings. The maximum atomic E-state index is 5.88. The van der Waals surface area contributed by atoms with E-state index < -0.39 is 0 Å². The average molecular weight is 261 g/mol. The van der Waals surface area contributed by atoms with Crippen LogP contribution in [0.3, 0.4) is 0 Å². The number of fused-ring (bicyclic) bond motifs is 1. The molecule has 2 heterocycles. The van der Waals surface area contributed by atoms with Gasteiger partial charge in [0.2, 0.25) is 11.7 Å². The second-order valence-electron chi connectivity index (χ2n) is 3.83. The van der Waals surface area contributed by atoms with E-state index in [2.05, 4.69) is 20.1 Å². The van der Waals surface area contributed by atoms with E-state index in [0.29, 0.717) is 11.7 Å². The Bertz CT molecular complexity index is 695. The maximum absolute atomic E-state index is 5.88. The first-order chi connectivity index (χ1) is 8.74. The lowest BCUT2D eigenvalue weighted by Gasteiger charge is -1.97. The summed E-state index contributed by atoms with van der Waals surface area (Å²) in [5, 5.41) is 3.60. The summed E-state index contributed by atoms with van der Waals surface area (Å²) in [7, 11) is 0. The van der Waals surface area contributed by atoms with Crippen molar-refractivity contribution in [3.8, 4) is 11.4 Å². The van der Waals surface area contributed by atoms with E-state index in [1.165, 1.54) is 0 Å². The minimum atomic E-state index is -0.300. The molecule has 0 N–H and O–H groups in total. The molecule has 0 fully saturated rings. The molecule has 1 unspecified atom stereocenters. The van der Waals surface area contributed by atoms with Gasteiger partial charge in [-0.2, -0.15) is 4.98 Å². The summed E-state index contributed by atoms with van der Waals surface area (Å²) in [6, 6.07) is 5.62. The topological polar surface area (TPSA) is 64.7 Å². The van der Waals surface area contributed by atoms with Crippen molar-refractivity contribution < 1.29 is 4.52 Å². The zero-order valence-corrected chi connectivity index (χ0v) is 10.3. The second kappa shape index (κ2) is 4.34. The van der Waals surface area contributed by atoms with E-state index >= 15 is 0 Å². The lowest BCUT2D eigenvalue weighted by molar-refractivity contribution is 0.379. The summed E-state index contributed by atoms with van der Waals surface area (Å²) < 4.78 is 5.06. The zero-order valence-electron chi connectivity index (χ0n) is 9.54. The van der Waals surface area contributed by atoms with Crippen molar-refractivity contribution in [1.29, 1.82) is 0 Å². The monoisotopic (exact) mass is 260 g/mol. The number of aromatic nitrogens is 4. The third kappa shape index (κ3) is 1.93. The Hall–Kier alpha value is -2.01. The molecule has 1 atom stereocenters. The van der Waals surface area contributed by atoms with E-state index in [-0.39, 0.29) is 5.38 Å². The van der Waals surface area contributed by atoms with Gasteiger partial charge in [-0.3, -0.25) is 9.97 Å². The minimum Gasteiger partial charge on any atom is -0.337 e. The molecule has 0 radical (unpaired) electrons. The van der Waals surface area contributed by atoms with Crippen LogP contribution in [0.25, 0.3) is 22.4 Å². The van der Waals surface area contributed by atoms with Gasteiger partial charge in [0.15, 0.2) is 0 Å². The zero-order chi connectivity index (χ0) is 12.5. The first kappa shape index (κ1) is 11.1. The van der Waals surface area contributed by atoms with Crippen LogP contribution < -0.4 is 0 Å². The first-order valence-electron chi connectivity index (χ1n) is 5.43. The Kier molecular flexibility index (Phi) is 2.68. The predicted molar refractivity (Wildman–Crippen MR) is 67.1 cm³/mol. The number of rotatable bonds is 2. The molecule has 0 amide bonds. The number of benzene rings is 1. The number of nitrogens with zero attached hydrogens (tertiary/aromatic N) is 4. The molecule has 0 aliphatic carbocycles. The predicted octanol–water partition coefficient (Wildman–Crippen LogP) is 2.98. The third-order valence-corrected chi connectivity index (χ3v) is 2.70. The van der Waals surface area contributed by atoms with Crippen LogP contribution in [-0.4, -0.2) is 20.1 Å². The Morgan fingerprint density at radius 3 is 2.67 bits per heavy atom. The Labute approximate surface area is 108 Å². The molecule has 1 aromatic carbocycles. The van der Waals surface area contributed by atoms with Gasteiger partial charge in [0.1, 0.15) is 5.38 Å². The number of hydrogen-bond acceptors (Lipinski definition) is 5. The molecule has 90 valence electrons. The molecule has 5 nitrogen and oxygen atoms in total. The molecule has 6 heteroatoms. The van der Waals surface area contributed by atoms with Crippen LogP contribution in [-0.2, 0) is 0 Å². The highest BCUT2D eigenvalue weighted by Crippen LogP contribution is 2.23. The summed E-state index contributed by atoms with van der Waals surface area (Å²) in [4.78, 5) is 12.7. The minimum absolute atomic E-state index is 0.300. The lowest BCUT2D eigenvalue weighted by atomic mass is 10.2. The van der Waals surface area contributed by atoms with Crippen LogP contribution in [0.4, 0.5) is 0 Å². The first-order valence-corrected chi connectivity index (χ1v) is 5.86. The van der Waals surface area contributed by atoms with Crippen molar-refractivity contribution in [2.45, 2.75) is 12.3 Å². The van der Waals surface area contributed by atoms with E-state index in [1.54, 1.807) is 19.3 Å². The van der Waals surface area contributed by atoms with Crippen molar-refractivity contribution in [3.05, 3.63) is 36.5 Å². The smallest absolute Gasteiger partial charge is 0.244 e. The van der Waals surface area contributed by atoms with Gasteiger partial charge < -0.3 is 4.52 Å². The van der Waals surface area contributed by atoms with Crippen molar-refractivity contribution in [2.75, 3.05) is 0 Å². The standard InChI is InChI=1S/C12H9ClN4O/c1-7(13)12-16-11(17-18-12)8-2-3-9-10(6-8)15-5-4-14-9/h2-7H,1H3. The van der Waals surface area contributed by atoms with E-state index in [4.69, 9.17) is 16.1 Å². The van der Waals surface area contributed by atoms with Crippen LogP contribution in [0.1, 0.15) is 18.2 Å². The molecular weight excluding hydrogens is 252 g/mol. The summed E-state index contributed by atoms with van der Waals surface area (Å²) in [6.07, 6.45) is 3.30. The highest BCUT2D eigenvalue weighted by Gasteiger charge is 2.13. The van der Waals surface area contributed by atoms with E-state index in [1.807, 2.05) is 18.2 Å². The van der Waals surface area contributed by atoms with Crippen LogP contribution >= 0.6 is 11.6 Å².